The maximum atomic E-state index is 11.7. The average molecular weight is 388 g/mol. The highest BCUT2D eigenvalue weighted by molar-refractivity contribution is 7.37. The smallest absolute Gasteiger partial charge is 0.350 e. The molecule has 3 aromatic heterocycles. The molecule has 0 aliphatic carbocycles. The first-order valence-corrected chi connectivity index (χ1v) is 9.13. The standard InChI is InChI=1S/C16H8N2O4S3/c1-18-12(16(20)22-3)9-5-11-14(25-9)13-10(23-11)4-8(24-13)7(6-17)15(19)21-2/h4-5H,2-3H3/b8-7-,12-9+. The molecule has 25 heavy (non-hydrogen) atoms. The Balaban J connectivity index is 2.31. The molecule has 0 N–H and O–H groups in total. The molecule has 0 atom stereocenters. The third kappa shape index (κ3) is 2.79. The molecule has 0 fully saturated rings. The van der Waals surface area contributed by atoms with E-state index in [1.807, 2.05) is 6.07 Å². The molecule has 3 heterocycles. The van der Waals surface area contributed by atoms with Crippen LogP contribution in [0.3, 0.4) is 0 Å². The first-order chi connectivity index (χ1) is 12.0. The highest BCUT2D eigenvalue weighted by Crippen LogP contribution is 2.37. The quantitative estimate of drug-likeness (QED) is 0.497. The van der Waals surface area contributed by atoms with Crippen molar-refractivity contribution in [2.45, 2.75) is 0 Å². The summed E-state index contributed by atoms with van der Waals surface area (Å²) in [6.45, 7) is 7.18. The number of hydrogen-bond acceptors (Lipinski definition) is 8. The van der Waals surface area contributed by atoms with E-state index >= 15 is 0 Å². The highest BCUT2D eigenvalue weighted by Gasteiger charge is 2.17. The van der Waals surface area contributed by atoms with E-state index in [1.54, 1.807) is 12.1 Å². The fourth-order valence-corrected chi connectivity index (χ4v) is 6.16. The molecule has 0 aromatic carbocycles. The Bertz CT molecular complexity index is 1140. The zero-order valence-corrected chi connectivity index (χ0v) is 15.4. The number of methoxy groups -OCH3 is 2. The van der Waals surface area contributed by atoms with Crippen LogP contribution in [0.5, 0.6) is 0 Å². The van der Waals surface area contributed by atoms with Gasteiger partial charge in [-0.1, -0.05) is 0 Å². The number of rotatable bonds is 2. The van der Waals surface area contributed by atoms with Gasteiger partial charge in [0.2, 0.25) is 0 Å². The van der Waals surface area contributed by atoms with E-state index < -0.39 is 11.9 Å². The molecule has 0 amide bonds. The van der Waals surface area contributed by atoms with Crippen molar-refractivity contribution >= 4 is 76.0 Å². The minimum atomic E-state index is -0.672. The number of thiophene rings is 3. The fraction of sp³-hybridized carbons (Fsp3) is 0.125. The van der Waals surface area contributed by atoms with Gasteiger partial charge in [0.1, 0.15) is 6.07 Å². The molecule has 0 aliphatic rings. The molecule has 3 aromatic rings. The van der Waals surface area contributed by atoms with Gasteiger partial charge in [0.15, 0.2) is 5.57 Å². The van der Waals surface area contributed by atoms with Gasteiger partial charge in [-0.2, -0.15) is 5.26 Å². The minimum absolute atomic E-state index is 0.0381. The summed E-state index contributed by atoms with van der Waals surface area (Å²) >= 11 is 4.11. The molecule has 0 radical (unpaired) electrons. The van der Waals surface area contributed by atoms with Crippen molar-refractivity contribution in [1.29, 1.82) is 5.26 Å². The Labute approximate surface area is 153 Å². The number of nitriles is 1. The van der Waals surface area contributed by atoms with E-state index in [9.17, 15) is 14.9 Å². The molecule has 3 rings (SSSR count). The molecule has 0 saturated heterocycles. The van der Waals surface area contributed by atoms with Crippen molar-refractivity contribution in [3.05, 3.63) is 32.6 Å². The van der Waals surface area contributed by atoms with Gasteiger partial charge in [0.25, 0.3) is 5.70 Å². The Morgan fingerprint density at radius 2 is 1.60 bits per heavy atom. The number of ether oxygens (including phenoxy) is 2. The lowest BCUT2D eigenvalue weighted by Gasteiger charge is -1.92. The predicted octanol–water partition coefficient (Wildman–Crippen LogP) is 2.23. The predicted molar refractivity (Wildman–Crippen MR) is 97.4 cm³/mol. The van der Waals surface area contributed by atoms with Crippen molar-refractivity contribution < 1.29 is 19.1 Å². The van der Waals surface area contributed by atoms with Crippen LogP contribution < -0.4 is 9.06 Å². The summed E-state index contributed by atoms with van der Waals surface area (Å²) in [6.07, 6.45) is 0. The van der Waals surface area contributed by atoms with Crippen molar-refractivity contribution in [2.24, 2.45) is 0 Å². The maximum absolute atomic E-state index is 11.7. The zero-order chi connectivity index (χ0) is 18.1. The number of esters is 2. The number of fused-ring (bicyclic) bond motifs is 3. The third-order valence-electron chi connectivity index (χ3n) is 3.29. The van der Waals surface area contributed by atoms with Crippen LogP contribution in [0.4, 0.5) is 0 Å². The molecular weight excluding hydrogens is 380 g/mol. The van der Waals surface area contributed by atoms with Crippen LogP contribution in [-0.2, 0) is 19.1 Å². The van der Waals surface area contributed by atoms with Crippen molar-refractivity contribution in [1.82, 2.24) is 0 Å². The zero-order valence-electron chi connectivity index (χ0n) is 12.9. The largest absolute Gasteiger partial charge is 0.474 e. The van der Waals surface area contributed by atoms with Gasteiger partial charge >= 0.3 is 11.9 Å². The lowest BCUT2D eigenvalue weighted by molar-refractivity contribution is -0.134. The van der Waals surface area contributed by atoms with E-state index in [2.05, 4.69) is 14.3 Å². The van der Waals surface area contributed by atoms with E-state index in [0.717, 1.165) is 18.8 Å². The number of nitrogens with zero attached hydrogens (tertiary/aromatic N) is 2. The van der Waals surface area contributed by atoms with Gasteiger partial charge in [-0.3, -0.25) is 4.79 Å². The summed E-state index contributed by atoms with van der Waals surface area (Å²) in [5.41, 5.74) is -0.0940. The molecule has 0 bridgehead atoms. The summed E-state index contributed by atoms with van der Waals surface area (Å²) in [7, 11) is 2.47. The topological polar surface area (TPSA) is 80.8 Å². The van der Waals surface area contributed by atoms with E-state index in [-0.39, 0.29) is 11.3 Å². The molecule has 0 saturated carbocycles. The van der Waals surface area contributed by atoms with Crippen LogP contribution >= 0.6 is 34.0 Å². The Hall–Kier alpha value is -2.72. The first kappa shape index (κ1) is 17.1. The third-order valence-corrected chi connectivity index (χ3v) is 7.09. The Morgan fingerprint density at radius 1 is 1.04 bits per heavy atom. The van der Waals surface area contributed by atoms with Gasteiger partial charge in [0.05, 0.1) is 34.7 Å². The molecule has 6 nitrogen and oxygen atoms in total. The summed E-state index contributed by atoms with van der Waals surface area (Å²) in [5.74, 6) is -1.34. The second-order valence-corrected chi connectivity index (χ2v) is 7.83. The molecule has 9 heteroatoms. The molecule has 0 aliphatic heterocycles. The van der Waals surface area contributed by atoms with Gasteiger partial charge in [-0.05, 0) is 12.1 Å². The van der Waals surface area contributed by atoms with E-state index in [0.29, 0.717) is 9.06 Å². The number of carbonyl (C=O) groups is 2. The summed E-state index contributed by atoms with van der Waals surface area (Å²) in [6, 6.07) is 5.45. The number of hydrogen-bond donors (Lipinski definition) is 0. The SMILES string of the molecule is [C-]#[N+]/C(C(=O)OC)=c1\cc2sc3c/c(=C(\C#N)C(=O)OC)sc3c2s1. The van der Waals surface area contributed by atoms with Gasteiger partial charge in [0, 0.05) is 13.9 Å². The molecule has 124 valence electrons. The van der Waals surface area contributed by atoms with Crippen LogP contribution in [0.1, 0.15) is 0 Å². The average Bonchev–Trinajstić information content (AvgIpc) is 3.26. The second kappa shape index (κ2) is 6.65. The summed E-state index contributed by atoms with van der Waals surface area (Å²) in [5, 5.41) is 9.19. The van der Waals surface area contributed by atoms with Gasteiger partial charge in [-0.15, -0.1) is 34.0 Å². The molecular formula is C16H8N2O4S3. The summed E-state index contributed by atoms with van der Waals surface area (Å²) in [4.78, 5) is 26.7. The van der Waals surface area contributed by atoms with Crippen LogP contribution in [0.15, 0.2) is 12.1 Å². The summed E-state index contributed by atoms with van der Waals surface area (Å²) < 4.78 is 14.1. The Kier molecular flexibility index (Phi) is 4.55. The monoisotopic (exact) mass is 388 g/mol. The normalized spacial score (nSPS) is 13.1. The van der Waals surface area contributed by atoms with Gasteiger partial charge < -0.3 is 9.47 Å². The van der Waals surface area contributed by atoms with Crippen LogP contribution in [0.2, 0.25) is 0 Å². The lowest BCUT2D eigenvalue weighted by atomic mass is 10.3. The fourth-order valence-electron chi connectivity index (χ4n) is 2.18. The first-order valence-electron chi connectivity index (χ1n) is 6.68. The van der Waals surface area contributed by atoms with E-state index in [4.69, 9.17) is 6.57 Å². The van der Waals surface area contributed by atoms with Gasteiger partial charge in [-0.25, -0.2) is 9.64 Å². The maximum Gasteiger partial charge on any atom is 0.350 e. The van der Waals surface area contributed by atoms with E-state index in [1.165, 1.54) is 48.2 Å². The lowest BCUT2D eigenvalue weighted by Crippen LogP contribution is -2.10. The minimum Gasteiger partial charge on any atom is -0.474 e. The molecule has 0 spiro atoms. The Morgan fingerprint density at radius 3 is 2.12 bits per heavy atom. The molecule has 0 unspecified atom stereocenters. The van der Waals surface area contributed by atoms with Crippen LogP contribution in [0, 0.1) is 17.9 Å². The van der Waals surface area contributed by atoms with Crippen molar-refractivity contribution in [3.8, 4) is 6.07 Å². The van der Waals surface area contributed by atoms with Crippen molar-refractivity contribution in [2.75, 3.05) is 14.2 Å². The number of carbonyl (C=O) groups excluding carboxylic acids is 2. The van der Waals surface area contributed by atoms with Crippen LogP contribution in [0.25, 0.3) is 34.9 Å². The van der Waals surface area contributed by atoms with Crippen molar-refractivity contribution in [3.63, 3.8) is 0 Å². The second-order valence-electron chi connectivity index (χ2n) is 4.64. The highest BCUT2D eigenvalue weighted by atomic mass is 32.1. The van der Waals surface area contributed by atoms with Crippen LogP contribution in [-0.4, -0.2) is 26.2 Å².